The third kappa shape index (κ3) is 4.10. The summed E-state index contributed by atoms with van der Waals surface area (Å²) in [6, 6.07) is 7.37. The fourth-order valence-electron chi connectivity index (χ4n) is 1.74. The van der Waals surface area contributed by atoms with Gasteiger partial charge in [0.1, 0.15) is 0 Å². The quantitative estimate of drug-likeness (QED) is 0.496. The first-order valence-corrected chi connectivity index (χ1v) is 6.24. The Balaban J connectivity index is 3.09. The smallest absolute Gasteiger partial charge is 0.436 e. The van der Waals surface area contributed by atoms with Gasteiger partial charge in [-0.1, -0.05) is 45.0 Å². The molecule has 1 N–H and O–H groups in total. The third-order valence-corrected chi connectivity index (χ3v) is 2.65. The van der Waals surface area contributed by atoms with Crippen LogP contribution in [0.1, 0.15) is 32.8 Å². The molecule has 1 rings (SSSR count). The highest BCUT2D eigenvalue weighted by molar-refractivity contribution is 5.85. The van der Waals surface area contributed by atoms with Crippen molar-refractivity contribution in [3.8, 4) is 0 Å². The molecule has 0 aliphatic rings. The normalized spacial score (nSPS) is 11.1. The molecule has 0 radical (unpaired) electrons. The predicted octanol–water partition coefficient (Wildman–Crippen LogP) is 3.98. The van der Waals surface area contributed by atoms with E-state index in [9.17, 15) is 9.90 Å². The van der Waals surface area contributed by atoms with Crippen LogP contribution >= 0.6 is 0 Å². The summed E-state index contributed by atoms with van der Waals surface area (Å²) in [6.07, 6.45) is 1.16. The highest BCUT2D eigenvalue weighted by Crippen LogP contribution is 2.32. The minimum Gasteiger partial charge on any atom is -0.463 e. The molecule has 1 aromatic carbocycles. The van der Waals surface area contributed by atoms with Gasteiger partial charge < -0.3 is 5.11 Å². The van der Waals surface area contributed by atoms with E-state index in [0.717, 1.165) is 10.6 Å². The first-order chi connectivity index (χ1) is 8.88. The van der Waals surface area contributed by atoms with Crippen LogP contribution in [0.25, 0.3) is 0 Å². The molecule has 0 bridgehead atoms. The Morgan fingerprint density at radius 2 is 2.05 bits per heavy atom. The van der Waals surface area contributed by atoms with Gasteiger partial charge in [-0.2, -0.15) is 5.06 Å². The summed E-state index contributed by atoms with van der Waals surface area (Å²) < 4.78 is 0. The number of benzene rings is 1. The lowest BCUT2D eigenvalue weighted by Gasteiger charge is -2.27. The topological polar surface area (TPSA) is 49.8 Å². The Kier molecular flexibility index (Phi) is 5.12. The molecule has 0 fully saturated rings. The monoisotopic (exact) mass is 263 g/mol. The molecular weight excluding hydrogens is 242 g/mol. The number of hydrogen-bond acceptors (Lipinski definition) is 2. The van der Waals surface area contributed by atoms with Crippen LogP contribution in [0.5, 0.6) is 0 Å². The summed E-state index contributed by atoms with van der Waals surface area (Å²) >= 11 is 0. The number of hydrogen-bond donors (Lipinski definition) is 1. The molecule has 0 aromatic heterocycles. The van der Waals surface area contributed by atoms with Crippen LogP contribution in [0.15, 0.2) is 36.9 Å². The van der Waals surface area contributed by atoms with Gasteiger partial charge in [-0.05, 0) is 23.5 Å². The fourth-order valence-corrected chi connectivity index (χ4v) is 1.74. The third-order valence-electron chi connectivity index (χ3n) is 2.65. The van der Waals surface area contributed by atoms with Gasteiger partial charge in [-0.15, -0.1) is 6.58 Å². The van der Waals surface area contributed by atoms with Crippen molar-refractivity contribution in [2.45, 2.75) is 32.6 Å². The van der Waals surface area contributed by atoms with Crippen molar-refractivity contribution in [1.29, 1.82) is 0 Å². The summed E-state index contributed by atoms with van der Waals surface area (Å²) in [6.45, 7) is 9.98. The van der Waals surface area contributed by atoms with E-state index in [1.807, 2.05) is 32.9 Å². The van der Waals surface area contributed by atoms with Crippen molar-refractivity contribution in [1.82, 2.24) is 0 Å². The van der Waals surface area contributed by atoms with Crippen LogP contribution in [-0.4, -0.2) is 17.8 Å². The molecule has 19 heavy (non-hydrogen) atoms. The molecule has 0 saturated carbocycles. The molecule has 1 aromatic rings. The maximum atomic E-state index is 11.3. The van der Waals surface area contributed by atoms with Crippen molar-refractivity contribution >= 4 is 11.8 Å². The van der Waals surface area contributed by atoms with E-state index in [-0.39, 0.29) is 12.0 Å². The highest BCUT2D eigenvalue weighted by Gasteiger charge is 2.24. The van der Waals surface area contributed by atoms with Crippen molar-refractivity contribution in [2.24, 2.45) is 0 Å². The number of amides is 1. The van der Waals surface area contributed by atoms with Crippen LogP contribution in [0, 0.1) is 0 Å². The average molecular weight is 263 g/mol. The van der Waals surface area contributed by atoms with Crippen LogP contribution in [0.3, 0.4) is 0 Å². The number of rotatable bonds is 5. The number of hydroxylamine groups is 1. The Morgan fingerprint density at radius 3 is 2.58 bits per heavy atom. The first-order valence-electron chi connectivity index (χ1n) is 6.24. The minimum absolute atomic E-state index is 0.161. The lowest BCUT2D eigenvalue weighted by atomic mass is 9.86. The van der Waals surface area contributed by atoms with Gasteiger partial charge in [-0.3, -0.25) is 4.84 Å². The number of para-hydroxylation sites is 1. The molecule has 4 nitrogen and oxygen atoms in total. The molecule has 104 valence electrons. The van der Waals surface area contributed by atoms with Crippen molar-refractivity contribution in [3.63, 3.8) is 0 Å². The minimum atomic E-state index is -1.12. The van der Waals surface area contributed by atoms with Gasteiger partial charge in [-0.25, -0.2) is 4.79 Å². The number of carbonyl (C=O) groups is 1. The van der Waals surface area contributed by atoms with Crippen LogP contribution in [0.2, 0.25) is 0 Å². The van der Waals surface area contributed by atoms with E-state index >= 15 is 0 Å². The summed E-state index contributed by atoms with van der Waals surface area (Å²) in [5.41, 5.74) is 1.33. The van der Waals surface area contributed by atoms with E-state index in [1.165, 1.54) is 0 Å². The second-order valence-corrected chi connectivity index (χ2v) is 5.25. The zero-order valence-corrected chi connectivity index (χ0v) is 11.7. The van der Waals surface area contributed by atoms with Crippen molar-refractivity contribution < 1.29 is 14.7 Å². The second-order valence-electron chi connectivity index (χ2n) is 5.25. The van der Waals surface area contributed by atoms with Gasteiger partial charge in [0.2, 0.25) is 0 Å². The zero-order chi connectivity index (χ0) is 14.5. The summed E-state index contributed by atoms with van der Waals surface area (Å²) in [4.78, 5) is 16.7. The van der Waals surface area contributed by atoms with E-state index in [0.29, 0.717) is 12.1 Å². The summed E-state index contributed by atoms with van der Waals surface area (Å²) in [5, 5.41) is 10.2. The average Bonchev–Trinajstić information content (AvgIpc) is 2.33. The van der Waals surface area contributed by atoms with E-state index in [2.05, 4.69) is 6.58 Å². The molecule has 1 amide bonds. The lowest BCUT2D eigenvalue weighted by Crippen LogP contribution is -2.32. The molecule has 0 unspecified atom stereocenters. The van der Waals surface area contributed by atoms with Crippen LogP contribution < -0.4 is 5.06 Å². The molecule has 4 heteroatoms. The van der Waals surface area contributed by atoms with Crippen molar-refractivity contribution in [3.05, 3.63) is 42.5 Å². The van der Waals surface area contributed by atoms with Crippen LogP contribution in [0.4, 0.5) is 10.5 Å². The zero-order valence-electron chi connectivity index (χ0n) is 11.7. The Morgan fingerprint density at radius 1 is 1.42 bits per heavy atom. The molecule has 0 spiro atoms. The molecular formula is C15H21NO3. The van der Waals surface area contributed by atoms with Gasteiger partial charge in [0.15, 0.2) is 0 Å². The van der Waals surface area contributed by atoms with Gasteiger partial charge in [0.05, 0.1) is 12.3 Å². The largest absolute Gasteiger partial charge is 0.463 e. The Labute approximate surface area is 114 Å². The molecule has 0 aliphatic carbocycles. The number of anilines is 1. The maximum absolute atomic E-state index is 11.3. The standard InChI is InChI=1S/C15H21NO3/c1-5-6-11-19-16(14(17)18)13-10-8-7-9-12(13)15(2,3)4/h5,7-10H,1,6,11H2,2-4H3,(H,17,18). The summed E-state index contributed by atoms with van der Waals surface area (Å²) in [7, 11) is 0. The highest BCUT2D eigenvalue weighted by atomic mass is 16.7. The van der Waals surface area contributed by atoms with Crippen LogP contribution in [-0.2, 0) is 10.3 Å². The Bertz CT molecular complexity index is 449. The SMILES string of the molecule is C=CCCON(C(=O)O)c1ccccc1C(C)(C)C. The van der Waals surface area contributed by atoms with E-state index < -0.39 is 6.09 Å². The second kappa shape index (κ2) is 6.38. The Hall–Kier alpha value is -1.81. The van der Waals surface area contributed by atoms with E-state index in [1.54, 1.807) is 18.2 Å². The molecule has 0 atom stereocenters. The number of carboxylic acid groups (broad SMARTS) is 1. The number of nitrogens with zero attached hydrogens (tertiary/aromatic N) is 1. The summed E-state index contributed by atoms with van der Waals surface area (Å²) in [5.74, 6) is 0. The van der Waals surface area contributed by atoms with E-state index in [4.69, 9.17) is 4.84 Å². The maximum Gasteiger partial charge on any atom is 0.436 e. The fraction of sp³-hybridized carbons (Fsp3) is 0.400. The van der Waals surface area contributed by atoms with Gasteiger partial charge >= 0.3 is 6.09 Å². The molecule has 0 aliphatic heterocycles. The van der Waals surface area contributed by atoms with Gasteiger partial charge in [0.25, 0.3) is 0 Å². The first kappa shape index (κ1) is 15.2. The van der Waals surface area contributed by atoms with Crippen molar-refractivity contribution in [2.75, 3.05) is 11.7 Å². The predicted molar refractivity (Wildman–Crippen MR) is 76.4 cm³/mol. The molecule has 0 saturated heterocycles. The lowest BCUT2D eigenvalue weighted by molar-refractivity contribution is 0.0970. The van der Waals surface area contributed by atoms with Gasteiger partial charge in [0, 0.05) is 0 Å². The molecule has 0 heterocycles.